The lowest BCUT2D eigenvalue weighted by Crippen LogP contribution is -2.24. The number of aromatic amines is 1. The predicted octanol–water partition coefficient (Wildman–Crippen LogP) is 4.70. The lowest BCUT2D eigenvalue weighted by molar-refractivity contribution is 0.0648. The topological polar surface area (TPSA) is 115 Å². The molecule has 0 saturated carbocycles. The summed E-state index contributed by atoms with van der Waals surface area (Å²) in [4.78, 5) is 24.4. The number of amides is 1. The van der Waals surface area contributed by atoms with Crippen LogP contribution in [0.3, 0.4) is 0 Å². The van der Waals surface area contributed by atoms with Crippen LogP contribution in [0.5, 0.6) is 0 Å². The van der Waals surface area contributed by atoms with Crippen molar-refractivity contribution in [2.24, 2.45) is 5.41 Å². The second-order valence-corrected chi connectivity index (χ2v) is 10.2. The van der Waals surface area contributed by atoms with Gasteiger partial charge in [0.1, 0.15) is 11.8 Å². The van der Waals surface area contributed by atoms with E-state index < -0.39 is 11.5 Å². The van der Waals surface area contributed by atoms with Crippen LogP contribution in [0.4, 0.5) is 5.69 Å². The van der Waals surface area contributed by atoms with Crippen molar-refractivity contribution in [3.05, 3.63) is 47.3 Å². The zero-order chi connectivity index (χ0) is 23.5. The van der Waals surface area contributed by atoms with Crippen LogP contribution >= 0.6 is 12.6 Å². The molecule has 8 heteroatoms. The van der Waals surface area contributed by atoms with Crippen LogP contribution in [-0.4, -0.2) is 37.3 Å². The number of nitrogens with zero attached hydrogens (tertiary/aromatic N) is 3. The summed E-state index contributed by atoms with van der Waals surface area (Å²) in [5.41, 5.74) is 2.89. The average Bonchev–Trinajstić information content (AvgIpc) is 3.21. The number of allylic oxidation sites excluding steroid dienone is 2. The molecule has 1 aliphatic rings. The van der Waals surface area contributed by atoms with Crippen LogP contribution in [0.2, 0.25) is 0 Å². The lowest BCUT2D eigenvalue weighted by Gasteiger charge is -2.29. The number of H-pyrrole nitrogens is 1. The van der Waals surface area contributed by atoms with Crippen molar-refractivity contribution in [3.8, 4) is 6.07 Å². The van der Waals surface area contributed by atoms with Gasteiger partial charge in [-0.05, 0) is 68.4 Å². The SMILES string of the molecule is CC(C)(O)CC(CS)c1ccc(NC(=O)c2ncc(C#N)[nH]2)c(C2=CCC(C)(C)CC2)n1. The molecule has 32 heavy (non-hydrogen) atoms. The van der Waals surface area contributed by atoms with Crippen LogP contribution in [0, 0.1) is 16.7 Å². The number of aliphatic hydroxyl groups is 1. The summed E-state index contributed by atoms with van der Waals surface area (Å²) >= 11 is 4.49. The highest BCUT2D eigenvalue weighted by atomic mass is 32.1. The molecule has 1 aliphatic carbocycles. The Morgan fingerprint density at radius 1 is 1.44 bits per heavy atom. The van der Waals surface area contributed by atoms with Crippen LogP contribution in [0.1, 0.15) is 87.0 Å². The zero-order valence-electron chi connectivity index (χ0n) is 19.1. The maximum absolute atomic E-state index is 12.7. The molecule has 3 rings (SSSR count). The van der Waals surface area contributed by atoms with E-state index in [2.05, 4.69) is 47.8 Å². The van der Waals surface area contributed by atoms with Crippen molar-refractivity contribution in [1.82, 2.24) is 15.0 Å². The molecule has 170 valence electrons. The summed E-state index contributed by atoms with van der Waals surface area (Å²) in [6.45, 7) is 8.06. The summed E-state index contributed by atoms with van der Waals surface area (Å²) in [6.07, 6.45) is 6.90. The highest BCUT2D eigenvalue weighted by molar-refractivity contribution is 7.80. The maximum Gasteiger partial charge on any atom is 0.291 e. The van der Waals surface area contributed by atoms with Crippen LogP contribution < -0.4 is 5.32 Å². The Morgan fingerprint density at radius 2 is 2.19 bits per heavy atom. The molecule has 2 aromatic rings. The quantitative estimate of drug-likeness (QED) is 0.454. The third kappa shape index (κ3) is 5.99. The highest BCUT2D eigenvalue weighted by Crippen LogP contribution is 2.40. The number of carbonyl (C=O) groups is 1. The van der Waals surface area contributed by atoms with Gasteiger partial charge in [0.2, 0.25) is 0 Å². The fourth-order valence-electron chi connectivity index (χ4n) is 3.88. The van der Waals surface area contributed by atoms with Gasteiger partial charge < -0.3 is 15.4 Å². The molecule has 1 unspecified atom stereocenters. The van der Waals surface area contributed by atoms with E-state index in [1.54, 1.807) is 13.8 Å². The van der Waals surface area contributed by atoms with Crippen LogP contribution in [-0.2, 0) is 0 Å². The number of imidazole rings is 1. The first-order chi connectivity index (χ1) is 15.0. The molecule has 0 aromatic carbocycles. The summed E-state index contributed by atoms with van der Waals surface area (Å²) in [6, 6.07) is 5.66. The molecule has 2 heterocycles. The van der Waals surface area contributed by atoms with Crippen molar-refractivity contribution in [1.29, 1.82) is 5.26 Å². The van der Waals surface area contributed by atoms with Crippen LogP contribution in [0.25, 0.3) is 5.57 Å². The minimum Gasteiger partial charge on any atom is -0.390 e. The van der Waals surface area contributed by atoms with E-state index in [1.165, 1.54) is 6.20 Å². The maximum atomic E-state index is 12.7. The number of anilines is 1. The number of hydrogen-bond donors (Lipinski definition) is 4. The van der Waals surface area contributed by atoms with Gasteiger partial charge in [-0.1, -0.05) is 19.9 Å². The van der Waals surface area contributed by atoms with E-state index >= 15 is 0 Å². The summed E-state index contributed by atoms with van der Waals surface area (Å²) in [7, 11) is 0. The number of hydrogen-bond acceptors (Lipinski definition) is 6. The van der Waals surface area contributed by atoms with Crippen molar-refractivity contribution in [2.45, 2.75) is 64.9 Å². The molecule has 7 nitrogen and oxygen atoms in total. The molecule has 1 amide bonds. The number of carbonyl (C=O) groups excluding carboxylic acids is 1. The van der Waals surface area contributed by atoms with Crippen molar-refractivity contribution >= 4 is 29.8 Å². The monoisotopic (exact) mass is 453 g/mol. The standard InChI is InChI=1S/C24H31N5O2S/c1-23(2)9-7-15(8-10-23)20-19(29-22(30)21-26-13-17(12-25)27-21)6-5-18(28-20)16(14-32)11-24(3,4)31/h5-7,13,16,31-32H,8-11,14H2,1-4H3,(H,26,27)(H,29,30). The first-order valence-corrected chi connectivity index (χ1v) is 11.4. The third-order valence-electron chi connectivity index (χ3n) is 5.74. The molecule has 0 saturated heterocycles. The van der Waals surface area contributed by atoms with E-state index in [0.717, 1.165) is 36.2 Å². The first kappa shape index (κ1) is 24.0. The summed E-state index contributed by atoms with van der Waals surface area (Å²) < 4.78 is 0. The summed E-state index contributed by atoms with van der Waals surface area (Å²) in [5.74, 6) is 0.176. The number of thiol groups is 1. The molecule has 0 aliphatic heterocycles. The number of nitrogens with one attached hydrogen (secondary N) is 2. The van der Waals surface area contributed by atoms with Crippen molar-refractivity contribution < 1.29 is 9.90 Å². The van der Waals surface area contributed by atoms with Gasteiger partial charge in [0.05, 0.1) is 23.2 Å². The predicted molar refractivity (Wildman–Crippen MR) is 129 cm³/mol. The van der Waals surface area contributed by atoms with Crippen molar-refractivity contribution in [3.63, 3.8) is 0 Å². The fraction of sp³-hybridized carbons (Fsp3) is 0.500. The molecule has 0 radical (unpaired) electrons. The Bertz CT molecular complexity index is 1060. The molecule has 0 fully saturated rings. The second-order valence-electron chi connectivity index (χ2n) is 9.84. The van der Waals surface area contributed by atoms with Crippen LogP contribution in [0.15, 0.2) is 24.4 Å². The highest BCUT2D eigenvalue weighted by Gasteiger charge is 2.27. The Hall–Kier alpha value is -2.63. The van der Waals surface area contributed by atoms with Gasteiger partial charge in [0.25, 0.3) is 5.91 Å². The number of pyridine rings is 1. The largest absolute Gasteiger partial charge is 0.390 e. The first-order valence-electron chi connectivity index (χ1n) is 10.8. The Morgan fingerprint density at radius 3 is 2.75 bits per heavy atom. The molecule has 0 spiro atoms. The number of nitriles is 1. The summed E-state index contributed by atoms with van der Waals surface area (Å²) in [5, 5.41) is 22.2. The lowest BCUT2D eigenvalue weighted by atomic mass is 9.77. The number of aromatic nitrogens is 3. The van der Waals surface area contributed by atoms with E-state index in [0.29, 0.717) is 17.9 Å². The van der Waals surface area contributed by atoms with E-state index in [9.17, 15) is 9.90 Å². The zero-order valence-corrected chi connectivity index (χ0v) is 20.0. The van der Waals surface area contributed by atoms with E-state index in [4.69, 9.17) is 10.2 Å². The van der Waals surface area contributed by atoms with Gasteiger partial charge in [0, 0.05) is 11.6 Å². The Kier molecular flexibility index (Phi) is 7.11. The van der Waals surface area contributed by atoms with E-state index in [1.807, 2.05) is 18.2 Å². The van der Waals surface area contributed by atoms with Gasteiger partial charge in [-0.2, -0.15) is 17.9 Å². The minimum absolute atomic E-state index is 0.0225. The molecule has 2 aromatic heterocycles. The molecule has 1 atom stereocenters. The smallest absolute Gasteiger partial charge is 0.291 e. The average molecular weight is 454 g/mol. The van der Waals surface area contributed by atoms with Gasteiger partial charge in [-0.15, -0.1) is 0 Å². The normalized spacial score (nSPS) is 16.7. The number of rotatable bonds is 7. The van der Waals surface area contributed by atoms with Crippen molar-refractivity contribution in [2.75, 3.05) is 11.1 Å². The van der Waals surface area contributed by atoms with Gasteiger partial charge in [0.15, 0.2) is 5.82 Å². The molecule has 3 N–H and O–H groups in total. The minimum atomic E-state index is -0.839. The van der Waals surface area contributed by atoms with Gasteiger partial charge in [-0.25, -0.2) is 4.98 Å². The molecule has 0 bridgehead atoms. The fourth-order valence-corrected chi connectivity index (χ4v) is 4.20. The van der Waals surface area contributed by atoms with Gasteiger partial charge >= 0.3 is 0 Å². The molecular weight excluding hydrogens is 422 g/mol. The second kappa shape index (κ2) is 9.47. The molecular formula is C24H31N5O2S. The van der Waals surface area contributed by atoms with E-state index in [-0.39, 0.29) is 22.9 Å². The third-order valence-corrected chi connectivity index (χ3v) is 6.18. The van der Waals surface area contributed by atoms with Gasteiger partial charge in [-0.3, -0.25) is 9.78 Å². The Labute approximate surface area is 194 Å². The Balaban J connectivity index is 1.97.